The highest BCUT2D eigenvalue weighted by Gasteiger charge is 2.22. The molecule has 5 nitrogen and oxygen atoms in total. The highest BCUT2D eigenvalue weighted by Crippen LogP contribution is 2.23. The zero-order valence-electron chi connectivity index (χ0n) is 6.97. The Labute approximate surface area is 80.3 Å². The number of rotatable bonds is 1. The topological polar surface area (TPSA) is 89.6 Å². The molecule has 1 aromatic carbocycles. The maximum Gasteiger partial charge on any atom is 0.282 e. The van der Waals surface area contributed by atoms with Gasteiger partial charge in [0.1, 0.15) is 0 Å². The molecule has 0 unspecified atom stereocenters. The van der Waals surface area contributed by atoms with E-state index in [9.17, 15) is 13.2 Å². The van der Waals surface area contributed by atoms with Gasteiger partial charge in [-0.15, -0.1) is 0 Å². The van der Waals surface area contributed by atoms with Gasteiger partial charge in [0.25, 0.3) is 10.0 Å². The van der Waals surface area contributed by atoms with Crippen LogP contribution < -0.4 is 5.73 Å². The number of sulfonamides is 1. The van der Waals surface area contributed by atoms with Crippen LogP contribution in [0.4, 0.5) is 0 Å². The predicted molar refractivity (Wildman–Crippen MR) is 49.7 cm³/mol. The number of benzene rings is 1. The minimum atomic E-state index is -3.60. The van der Waals surface area contributed by atoms with E-state index in [0.29, 0.717) is 5.56 Å². The zero-order valence-corrected chi connectivity index (χ0v) is 7.78. The number of carbonyl (C=O) groups is 1. The third-order valence-corrected chi connectivity index (χ3v) is 3.20. The lowest BCUT2D eigenvalue weighted by atomic mass is 10.1. The normalized spacial score (nSPS) is 16.6. The van der Waals surface area contributed by atoms with E-state index >= 15 is 0 Å². The lowest BCUT2D eigenvalue weighted by Gasteiger charge is -1.98. The van der Waals surface area contributed by atoms with Gasteiger partial charge in [-0.05, 0) is 12.1 Å². The van der Waals surface area contributed by atoms with Gasteiger partial charge in [0, 0.05) is 17.3 Å². The van der Waals surface area contributed by atoms with Crippen molar-refractivity contribution in [2.75, 3.05) is 0 Å². The summed E-state index contributed by atoms with van der Waals surface area (Å²) in [6.45, 7) is 0. The quantitative estimate of drug-likeness (QED) is 0.702. The fourth-order valence-electron chi connectivity index (χ4n) is 1.20. The molecule has 0 radical (unpaired) electrons. The molecule has 6 heteroatoms. The summed E-state index contributed by atoms with van der Waals surface area (Å²) in [4.78, 5) is 10.8. The Kier molecular flexibility index (Phi) is 1.68. The van der Waals surface area contributed by atoms with Gasteiger partial charge in [0.2, 0.25) is 5.91 Å². The highest BCUT2D eigenvalue weighted by atomic mass is 32.2. The summed E-state index contributed by atoms with van der Waals surface area (Å²) >= 11 is 0. The van der Waals surface area contributed by atoms with Gasteiger partial charge in [-0.3, -0.25) is 4.79 Å². The number of hydrogen-bond acceptors (Lipinski definition) is 3. The van der Waals surface area contributed by atoms with Crippen LogP contribution in [0.2, 0.25) is 0 Å². The molecule has 1 aliphatic heterocycles. The van der Waals surface area contributed by atoms with Gasteiger partial charge in [0.15, 0.2) is 0 Å². The molecule has 0 saturated heterocycles. The van der Waals surface area contributed by atoms with E-state index in [2.05, 4.69) is 4.40 Å². The molecule has 0 spiro atoms. The van der Waals surface area contributed by atoms with E-state index in [1.54, 1.807) is 0 Å². The first-order chi connectivity index (χ1) is 6.50. The third-order valence-electron chi connectivity index (χ3n) is 1.91. The average molecular weight is 210 g/mol. The summed E-state index contributed by atoms with van der Waals surface area (Å²) in [5.74, 6) is -0.657. The number of amides is 1. The van der Waals surface area contributed by atoms with Gasteiger partial charge in [-0.1, -0.05) is 6.07 Å². The molecule has 2 rings (SSSR count). The van der Waals surface area contributed by atoms with Crippen LogP contribution in [0, 0.1) is 0 Å². The fourth-order valence-corrected chi connectivity index (χ4v) is 2.26. The summed E-state index contributed by atoms with van der Waals surface area (Å²) in [6.07, 6.45) is 1.25. The molecule has 1 heterocycles. The molecule has 2 N–H and O–H groups in total. The van der Waals surface area contributed by atoms with Crippen molar-refractivity contribution < 1.29 is 13.2 Å². The monoisotopic (exact) mass is 210 g/mol. The van der Waals surface area contributed by atoms with E-state index in [-0.39, 0.29) is 10.5 Å². The molecule has 0 saturated carbocycles. The second kappa shape index (κ2) is 2.65. The molecular weight excluding hydrogens is 204 g/mol. The van der Waals surface area contributed by atoms with E-state index in [4.69, 9.17) is 5.73 Å². The zero-order chi connectivity index (χ0) is 10.3. The van der Waals surface area contributed by atoms with Crippen molar-refractivity contribution in [3.8, 4) is 0 Å². The summed E-state index contributed by atoms with van der Waals surface area (Å²) in [7, 11) is -3.60. The maximum atomic E-state index is 11.3. The van der Waals surface area contributed by atoms with Crippen molar-refractivity contribution in [1.29, 1.82) is 0 Å². The van der Waals surface area contributed by atoms with E-state index in [1.165, 1.54) is 24.4 Å². The lowest BCUT2D eigenvalue weighted by Crippen LogP contribution is -2.11. The Morgan fingerprint density at radius 3 is 2.71 bits per heavy atom. The Balaban J connectivity index is 2.69. The Morgan fingerprint density at radius 1 is 1.36 bits per heavy atom. The highest BCUT2D eigenvalue weighted by molar-refractivity contribution is 7.90. The largest absolute Gasteiger partial charge is 0.366 e. The van der Waals surface area contributed by atoms with Crippen LogP contribution in [-0.2, 0) is 10.0 Å². The van der Waals surface area contributed by atoms with Gasteiger partial charge in [0.05, 0.1) is 4.90 Å². The average Bonchev–Trinajstić information content (AvgIpc) is 2.42. The van der Waals surface area contributed by atoms with Crippen molar-refractivity contribution in [3.63, 3.8) is 0 Å². The van der Waals surface area contributed by atoms with Gasteiger partial charge in [-0.25, -0.2) is 0 Å². The maximum absolute atomic E-state index is 11.3. The fraction of sp³-hybridized carbons (Fsp3) is 0. The Morgan fingerprint density at radius 2 is 2.07 bits per heavy atom. The molecule has 0 aromatic heterocycles. The first-order valence-corrected chi connectivity index (χ1v) is 5.19. The molecule has 14 heavy (non-hydrogen) atoms. The standard InChI is InChI=1S/C8H6N2O3S/c9-8(11)5-1-2-6-4-10-14(12,13)7(6)3-5/h1-4H,(H2,9,11). The second-order valence-corrected chi connectivity index (χ2v) is 4.43. The molecule has 0 bridgehead atoms. The van der Waals surface area contributed by atoms with Gasteiger partial charge in [-0.2, -0.15) is 12.8 Å². The first kappa shape index (κ1) is 8.89. The van der Waals surface area contributed by atoms with Crippen LogP contribution in [0.1, 0.15) is 15.9 Å². The molecule has 1 amide bonds. The van der Waals surface area contributed by atoms with Gasteiger partial charge < -0.3 is 5.73 Å². The lowest BCUT2D eigenvalue weighted by molar-refractivity contribution is 0.1000. The Bertz CT molecular complexity index is 546. The summed E-state index contributed by atoms with van der Waals surface area (Å²) < 4.78 is 25.9. The van der Waals surface area contributed by atoms with Crippen molar-refractivity contribution in [3.05, 3.63) is 29.3 Å². The summed E-state index contributed by atoms with van der Waals surface area (Å²) in [6, 6.07) is 4.21. The van der Waals surface area contributed by atoms with Crippen molar-refractivity contribution in [1.82, 2.24) is 0 Å². The SMILES string of the molecule is NC(=O)c1ccc2c(c1)S(=O)(=O)N=C2. The second-order valence-electron chi connectivity index (χ2n) is 2.83. The van der Waals surface area contributed by atoms with Crippen molar-refractivity contribution in [2.45, 2.75) is 4.90 Å². The van der Waals surface area contributed by atoms with E-state index in [0.717, 1.165) is 0 Å². The molecule has 0 fully saturated rings. The third kappa shape index (κ3) is 1.20. The van der Waals surface area contributed by atoms with Crippen molar-refractivity contribution >= 4 is 22.1 Å². The van der Waals surface area contributed by atoms with Crippen LogP contribution >= 0.6 is 0 Å². The molecule has 1 aromatic rings. The minimum absolute atomic E-state index is 0.0359. The van der Waals surface area contributed by atoms with Gasteiger partial charge >= 0.3 is 0 Å². The van der Waals surface area contributed by atoms with Crippen LogP contribution in [0.25, 0.3) is 0 Å². The number of carbonyl (C=O) groups excluding carboxylic acids is 1. The van der Waals surface area contributed by atoms with E-state index in [1.807, 2.05) is 0 Å². The Hall–Kier alpha value is -1.69. The molecular formula is C8H6N2O3S. The first-order valence-electron chi connectivity index (χ1n) is 3.75. The van der Waals surface area contributed by atoms with Crippen LogP contribution in [-0.4, -0.2) is 20.5 Å². The van der Waals surface area contributed by atoms with E-state index < -0.39 is 15.9 Å². The summed E-state index contributed by atoms with van der Waals surface area (Å²) in [5, 5.41) is 0. The predicted octanol–water partition coefficient (Wildman–Crippen LogP) is -0.0933. The number of nitrogens with zero attached hydrogens (tertiary/aromatic N) is 1. The molecule has 0 aliphatic carbocycles. The smallest absolute Gasteiger partial charge is 0.282 e. The molecule has 0 atom stereocenters. The number of primary amides is 1. The number of fused-ring (bicyclic) bond motifs is 1. The number of nitrogens with two attached hydrogens (primary N) is 1. The van der Waals surface area contributed by atoms with Crippen LogP contribution in [0.3, 0.4) is 0 Å². The number of hydrogen-bond donors (Lipinski definition) is 1. The molecule has 72 valence electrons. The summed E-state index contributed by atoms with van der Waals surface area (Å²) in [5.41, 5.74) is 5.67. The molecule has 1 aliphatic rings. The minimum Gasteiger partial charge on any atom is -0.366 e. The van der Waals surface area contributed by atoms with Crippen LogP contribution in [0.5, 0.6) is 0 Å². The van der Waals surface area contributed by atoms with Crippen LogP contribution in [0.15, 0.2) is 27.5 Å². The van der Waals surface area contributed by atoms with Crippen molar-refractivity contribution in [2.24, 2.45) is 10.1 Å².